The van der Waals surface area contributed by atoms with Gasteiger partial charge in [-0.15, -0.1) is 0 Å². The molecule has 6 nitrogen and oxygen atoms in total. The van der Waals surface area contributed by atoms with Crippen LogP contribution in [0.3, 0.4) is 0 Å². The van der Waals surface area contributed by atoms with Gasteiger partial charge in [0.1, 0.15) is 5.76 Å². The van der Waals surface area contributed by atoms with Crippen LogP contribution >= 0.6 is 0 Å². The van der Waals surface area contributed by atoms with Crippen LogP contribution in [0.15, 0.2) is 16.5 Å². The van der Waals surface area contributed by atoms with Crippen LogP contribution in [-0.4, -0.2) is 29.6 Å². The predicted octanol–water partition coefficient (Wildman–Crippen LogP) is 0.982. The average Bonchev–Trinajstić information content (AvgIpc) is 3.11. The Kier molecular flexibility index (Phi) is 3.48. The van der Waals surface area contributed by atoms with E-state index in [0.29, 0.717) is 17.6 Å². The summed E-state index contributed by atoms with van der Waals surface area (Å²) in [4.78, 5) is 22.9. The van der Waals surface area contributed by atoms with E-state index >= 15 is 0 Å². The molecule has 2 heterocycles. The largest absolute Gasteiger partial charge is 0.475 e. The van der Waals surface area contributed by atoms with E-state index in [9.17, 15) is 9.59 Å². The number of amides is 1. The number of carbonyl (C=O) groups excluding carboxylic acids is 1. The van der Waals surface area contributed by atoms with Gasteiger partial charge in [0.05, 0.1) is 12.6 Å². The van der Waals surface area contributed by atoms with Gasteiger partial charge in [-0.05, 0) is 43.4 Å². The van der Waals surface area contributed by atoms with Gasteiger partial charge in [-0.1, -0.05) is 6.42 Å². The molecule has 0 bridgehead atoms. The van der Waals surface area contributed by atoms with Crippen LogP contribution in [-0.2, 0) is 11.3 Å². The molecule has 20 heavy (non-hydrogen) atoms. The predicted molar refractivity (Wildman–Crippen MR) is 70.1 cm³/mol. The summed E-state index contributed by atoms with van der Waals surface area (Å²) in [5, 5.41) is 14.9. The summed E-state index contributed by atoms with van der Waals surface area (Å²) in [5.74, 6) is 0.302. The molecular weight excluding hydrogens is 260 g/mol. The Labute approximate surface area is 116 Å². The van der Waals surface area contributed by atoms with Gasteiger partial charge in [-0.25, -0.2) is 4.79 Å². The summed E-state index contributed by atoms with van der Waals surface area (Å²) in [5.41, 5.74) is 0. The molecule has 2 fully saturated rings. The zero-order chi connectivity index (χ0) is 14.1. The minimum Gasteiger partial charge on any atom is -0.475 e. The standard InChI is InChI=1S/C14H18N2O4/c17-13(12-10-3-1-2-8(10)6-15-12)16-7-9-4-5-11(20-9)14(18)19/h4-5,8,10,12,15H,1-3,6-7H2,(H,16,17)(H,18,19). The van der Waals surface area contributed by atoms with E-state index in [4.69, 9.17) is 9.52 Å². The molecule has 0 spiro atoms. The Morgan fingerprint density at radius 2 is 2.25 bits per heavy atom. The molecule has 1 saturated carbocycles. The molecule has 3 atom stereocenters. The lowest BCUT2D eigenvalue weighted by Gasteiger charge is -2.17. The zero-order valence-electron chi connectivity index (χ0n) is 11.1. The molecule has 1 aromatic heterocycles. The summed E-state index contributed by atoms with van der Waals surface area (Å²) in [6, 6.07) is 2.85. The Morgan fingerprint density at radius 3 is 3.00 bits per heavy atom. The molecule has 1 amide bonds. The third-order valence-electron chi connectivity index (χ3n) is 4.34. The SMILES string of the molecule is O=C(O)c1ccc(CNC(=O)C2NCC3CCCC32)o1. The molecule has 1 aromatic rings. The molecule has 1 aliphatic carbocycles. The van der Waals surface area contributed by atoms with Crippen molar-refractivity contribution < 1.29 is 19.1 Å². The maximum absolute atomic E-state index is 12.2. The van der Waals surface area contributed by atoms with Crippen molar-refractivity contribution in [3.05, 3.63) is 23.7 Å². The monoisotopic (exact) mass is 278 g/mol. The molecule has 3 unspecified atom stereocenters. The molecule has 1 saturated heterocycles. The molecule has 0 radical (unpaired) electrons. The van der Waals surface area contributed by atoms with Crippen LogP contribution in [0.5, 0.6) is 0 Å². The number of nitrogens with one attached hydrogen (secondary N) is 2. The summed E-state index contributed by atoms with van der Waals surface area (Å²) in [7, 11) is 0. The maximum atomic E-state index is 12.2. The second-order valence-corrected chi connectivity index (χ2v) is 5.53. The topological polar surface area (TPSA) is 91.6 Å². The van der Waals surface area contributed by atoms with Gasteiger partial charge >= 0.3 is 5.97 Å². The van der Waals surface area contributed by atoms with Gasteiger partial charge in [0, 0.05) is 0 Å². The molecular formula is C14H18N2O4. The minimum absolute atomic E-state index is 0.0207. The second kappa shape index (κ2) is 5.28. The van der Waals surface area contributed by atoms with Crippen molar-refractivity contribution in [1.29, 1.82) is 0 Å². The first-order valence-electron chi connectivity index (χ1n) is 6.98. The first kappa shape index (κ1) is 13.2. The number of furan rings is 1. The van der Waals surface area contributed by atoms with Crippen molar-refractivity contribution in [2.24, 2.45) is 11.8 Å². The molecule has 2 aliphatic rings. The van der Waals surface area contributed by atoms with Crippen LogP contribution in [0, 0.1) is 11.8 Å². The highest BCUT2D eigenvalue weighted by Gasteiger charge is 2.42. The van der Waals surface area contributed by atoms with Crippen LogP contribution in [0.1, 0.15) is 35.6 Å². The molecule has 3 rings (SSSR count). The van der Waals surface area contributed by atoms with Crippen molar-refractivity contribution in [3.8, 4) is 0 Å². The Morgan fingerprint density at radius 1 is 1.40 bits per heavy atom. The number of carboxylic acids is 1. The third kappa shape index (κ3) is 2.43. The Balaban J connectivity index is 1.55. The van der Waals surface area contributed by atoms with Crippen molar-refractivity contribution in [3.63, 3.8) is 0 Å². The van der Waals surface area contributed by atoms with E-state index < -0.39 is 5.97 Å². The van der Waals surface area contributed by atoms with Crippen molar-refractivity contribution in [1.82, 2.24) is 10.6 Å². The zero-order valence-corrected chi connectivity index (χ0v) is 11.1. The van der Waals surface area contributed by atoms with E-state index in [2.05, 4.69) is 10.6 Å². The number of carbonyl (C=O) groups is 2. The van der Waals surface area contributed by atoms with Crippen LogP contribution in [0.25, 0.3) is 0 Å². The quantitative estimate of drug-likeness (QED) is 0.763. The molecule has 108 valence electrons. The summed E-state index contributed by atoms with van der Waals surface area (Å²) in [6.07, 6.45) is 3.53. The Hall–Kier alpha value is -1.82. The second-order valence-electron chi connectivity index (χ2n) is 5.53. The van der Waals surface area contributed by atoms with E-state index in [1.165, 1.54) is 18.9 Å². The minimum atomic E-state index is -1.10. The first-order chi connectivity index (χ1) is 9.65. The van der Waals surface area contributed by atoms with Gasteiger partial charge in [-0.3, -0.25) is 4.79 Å². The van der Waals surface area contributed by atoms with Gasteiger partial charge < -0.3 is 20.2 Å². The molecule has 1 aliphatic heterocycles. The molecule has 6 heteroatoms. The third-order valence-corrected chi connectivity index (χ3v) is 4.34. The average molecular weight is 278 g/mol. The highest BCUT2D eigenvalue weighted by Crippen LogP contribution is 2.37. The van der Waals surface area contributed by atoms with Crippen LogP contribution in [0.2, 0.25) is 0 Å². The van der Waals surface area contributed by atoms with E-state index in [1.54, 1.807) is 6.07 Å². The lowest BCUT2D eigenvalue weighted by molar-refractivity contribution is -0.124. The first-order valence-corrected chi connectivity index (χ1v) is 6.98. The summed E-state index contributed by atoms with van der Waals surface area (Å²) in [6.45, 7) is 1.15. The number of aromatic carboxylic acids is 1. The number of fused-ring (bicyclic) bond motifs is 1. The number of hydrogen-bond acceptors (Lipinski definition) is 4. The van der Waals surface area contributed by atoms with E-state index in [0.717, 1.165) is 13.0 Å². The van der Waals surface area contributed by atoms with Gasteiger partial charge in [0.2, 0.25) is 11.7 Å². The molecule has 3 N–H and O–H groups in total. The van der Waals surface area contributed by atoms with E-state index in [-0.39, 0.29) is 24.3 Å². The summed E-state index contributed by atoms with van der Waals surface area (Å²) >= 11 is 0. The number of carboxylic acid groups (broad SMARTS) is 1. The summed E-state index contributed by atoms with van der Waals surface area (Å²) < 4.78 is 5.11. The van der Waals surface area contributed by atoms with Gasteiger partial charge in [0.25, 0.3) is 0 Å². The molecule has 0 aromatic carbocycles. The smallest absolute Gasteiger partial charge is 0.371 e. The van der Waals surface area contributed by atoms with Crippen LogP contribution < -0.4 is 10.6 Å². The lowest BCUT2D eigenvalue weighted by atomic mass is 9.94. The lowest BCUT2D eigenvalue weighted by Crippen LogP contribution is -2.43. The van der Waals surface area contributed by atoms with E-state index in [1.807, 2.05) is 0 Å². The fraction of sp³-hybridized carbons (Fsp3) is 0.571. The fourth-order valence-electron chi connectivity index (χ4n) is 3.35. The Bertz CT molecular complexity index is 525. The van der Waals surface area contributed by atoms with Crippen molar-refractivity contribution in [2.45, 2.75) is 31.8 Å². The number of rotatable bonds is 4. The van der Waals surface area contributed by atoms with Gasteiger partial charge in [0.15, 0.2) is 0 Å². The highest BCUT2D eigenvalue weighted by atomic mass is 16.4. The number of hydrogen-bond donors (Lipinski definition) is 3. The van der Waals surface area contributed by atoms with Crippen molar-refractivity contribution >= 4 is 11.9 Å². The maximum Gasteiger partial charge on any atom is 0.371 e. The fourth-order valence-corrected chi connectivity index (χ4v) is 3.35. The van der Waals surface area contributed by atoms with Gasteiger partial charge in [-0.2, -0.15) is 0 Å². The normalized spacial score (nSPS) is 28.3. The highest BCUT2D eigenvalue weighted by molar-refractivity contribution is 5.84. The van der Waals surface area contributed by atoms with Crippen molar-refractivity contribution in [2.75, 3.05) is 6.54 Å². The van der Waals surface area contributed by atoms with Crippen LogP contribution in [0.4, 0.5) is 0 Å².